The zero-order valence-corrected chi connectivity index (χ0v) is 21.7. The minimum absolute atomic E-state index is 0.0540. The number of esters is 1. The Bertz CT molecular complexity index is 816. The molecule has 1 aliphatic rings. The molecule has 0 aromatic heterocycles. The molecular formula is C27H37ClO3Si. The standard InChI is InChI=1S/C27H37ClO3Si/c1-5-30-25(29)27(20-21-28)18-16-22(17-19-27)31-32(26(2,3)4,23-12-8-6-9-13-23)24-14-10-7-11-15-24/h6-15,22H,5,16-21H2,1-4H3. The SMILES string of the molecule is CCOC(=O)C1(CCCl)CCC(O[Si](c2ccccc2)(c2ccccc2)C(C)(C)C)CC1. The van der Waals surface area contributed by atoms with E-state index < -0.39 is 13.7 Å². The topological polar surface area (TPSA) is 35.5 Å². The highest BCUT2D eigenvalue weighted by Crippen LogP contribution is 2.44. The van der Waals surface area contributed by atoms with Crippen LogP contribution in [0.15, 0.2) is 60.7 Å². The van der Waals surface area contributed by atoms with Crippen LogP contribution in [0.25, 0.3) is 0 Å². The van der Waals surface area contributed by atoms with Crippen LogP contribution in [0.1, 0.15) is 59.8 Å². The third-order valence-electron chi connectivity index (χ3n) is 6.93. The fourth-order valence-corrected chi connectivity index (χ4v) is 10.3. The van der Waals surface area contributed by atoms with E-state index in [0.717, 1.165) is 25.7 Å². The van der Waals surface area contributed by atoms with E-state index in [1.807, 2.05) is 6.92 Å². The highest BCUT2D eigenvalue weighted by atomic mass is 35.5. The first kappa shape index (κ1) is 25.0. The summed E-state index contributed by atoms with van der Waals surface area (Å²) >= 11 is 6.10. The van der Waals surface area contributed by atoms with Crippen molar-refractivity contribution in [1.29, 1.82) is 0 Å². The molecule has 32 heavy (non-hydrogen) atoms. The second-order valence-electron chi connectivity index (χ2n) is 9.92. The van der Waals surface area contributed by atoms with Crippen LogP contribution >= 0.6 is 11.6 Å². The predicted molar refractivity (Wildman–Crippen MR) is 135 cm³/mol. The van der Waals surface area contributed by atoms with Gasteiger partial charge in [0.05, 0.1) is 12.0 Å². The summed E-state index contributed by atoms with van der Waals surface area (Å²) in [5, 5.41) is 2.53. The number of benzene rings is 2. The van der Waals surface area contributed by atoms with Gasteiger partial charge >= 0.3 is 5.97 Å². The van der Waals surface area contributed by atoms with Crippen LogP contribution in [0.3, 0.4) is 0 Å². The zero-order chi connectivity index (χ0) is 23.2. The number of rotatable bonds is 8. The summed E-state index contributed by atoms with van der Waals surface area (Å²) in [6, 6.07) is 21.5. The fourth-order valence-electron chi connectivity index (χ4n) is 5.22. The van der Waals surface area contributed by atoms with Gasteiger partial charge in [-0.3, -0.25) is 4.79 Å². The Balaban J connectivity index is 1.95. The molecule has 0 spiro atoms. The summed E-state index contributed by atoms with van der Waals surface area (Å²) in [6.45, 7) is 9.18. The molecule has 1 saturated carbocycles. The number of carbonyl (C=O) groups excluding carboxylic acids is 1. The van der Waals surface area contributed by atoms with E-state index in [1.165, 1.54) is 10.4 Å². The van der Waals surface area contributed by atoms with Crippen molar-refractivity contribution in [3.05, 3.63) is 60.7 Å². The van der Waals surface area contributed by atoms with E-state index in [-0.39, 0.29) is 17.1 Å². The first-order valence-corrected chi connectivity index (χ1v) is 14.3. The Labute approximate surface area is 199 Å². The molecule has 5 heteroatoms. The van der Waals surface area contributed by atoms with Crippen LogP contribution in [0.2, 0.25) is 5.04 Å². The first-order valence-electron chi connectivity index (χ1n) is 11.8. The lowest BCUT2D eigenvalue weighted by atomic mass is 9.71. The number of alkyl halides is 1. The molecule has 1 fully saturated rings. The number of ether oxygens (including phenoxy) is 1. The number of halogens is 1. The van der Waals surface area contributed by atoms with Crippen molar-refractivity contribution in [2.45, 2.75) is 70.9 Å². The Morgan fingerprint density at radius 3 is 1.91 bits per heavy atom. The zero-order valence-electron chi connectivity index (χ0n) is 19.9. The van der Waals surface area contributed by atoms with Crippen LogP contribution in [0.5, 0.6) is 0 Å². The van der Waals surface area contributed by atoms with Gasteiger partial charge in [-0.15, -0.1) is 11.6 Å². The fraction of sp³-hybridized carbons (Fsp3) is 0.519. The molecule has 0 bridgehead atoms. The Kier molecular flexibility index (Phi) is 8.24. The summed E-state index contributed by atoms with van der Waals surface area (Å²) in [4.78, 5) is 12.8. The summed E-state index contributed by atoms with van der Waals surface area (Å²) in [6.07, 6.45) is 4.00. The Hall–Kier alpha value is -1.62. The molecule has 0 atom stereocenters. The van der Waals surface area contributed by atoms with E-state index in [1.54, 1.807) is 0 Å². The van der Waals surface area contributed by atoms with E-state index in [4.69, 9.17) is 20.8 Å². The molecule has 0 heterocycles. The quantitative estimate of drug-likeness (QED) is 0.281. The van der Waals surface area contributed by atoms with Crippen molar-refractivity contribution in [1.82, 2.24) is 0 Å². The maximum atomic E-state index is 12.8. The smallest absolute Gasteiger partial charge is 0.312 e. The molecule has 0 aliphatic heterocycles. The van der Waals surface area contributed by atoms with Gasteiger partial charge in [-0.25, -0.2) is 0 Å². The largest absolute Gasteiger partial charge is 0.466 e. The molecular weight excluding hydrogens is 436 g/mol. The highest BCUT2D eigenvalue weighted by molar-refractivity contribution is 6.99. The van der Waals surface area contributed by atoms with Crippen LogP contribution in [-0.4, -0.2) is 32.9 Å². The highest BCUT2D eigenvalue weighted by Gasteiger charge is 2.52. The van der Waals surface area contributed by atoms with E-state index in [2.05, 4.69) is 81.4 Å². The summed E-state index contributed by atoms with van der Waals surface area (Å²) < 4.78 is 12.7. The molecule has 0 radical (unpaired) electrons. The molecule has 3 rings (SSSR count). The lowest BCUT2D eigenvalue weighted by molar-refractivity contribution is -0.159. The van der Waals surface area contributed by atoms with E-state index >= 15 is 0 Å². The van der Waals surface area contributed by atoms with Gasteiger partial charge in [-0.2, -0.15) is 0 Å². The van der Waals surface area contributed by atoms with Crippen molar-refractivity contribution < 1.29 is 14.0 Å². The van der Waals surface area contributed by atoms with Gasteiger partial charge in [0.15, 0.2) is 0 Å². The van der Waals surface area contributed by atoms with E-state index in [9.17, 15) is 4.79 Å². The number of hydrogen-bond donors (Lipinski definition) is 0. The first-order chi connectivity index (χ1) is 15.3. The molecule has 0 unspecified atom stereocenters. The van der Waals surface area contributed by atoms with Gasteiger partial charge in [-0.05, 0) is 54.4 Å². The molecule has 2 aromatic carbocycles. The van der Waals surface area contributed by atoms with Crippen molar-refractivity contribution in [3.8, 4) is 0 Å². The van der Waals surface area contributed by atoms with Crippen LogP contribution in [0, 0.1) is 5.41 Å². The van der Waals surface area contributed by atoms with Gasteiger partial charge in [0.1, 0.15) is 0 Å². The average Bonchev–Trinajstić information content (AvgIpc) is 2.79. The van der Waals surface area contributed by atoms with Gasteiger partial charge in [0, 0.05) is 12.0 Å². The second kappa shape index (κ2) is 10.5. The molecule has 0 saturated heterocycles. The van der Waals surface area contributed by atoms with Crippen molar-refractivity contribution in [2.75, 3.05) is 12.5 Å². The van der Waals surface area contributed by atoms with Crippen molar-refractivity contribution in [3.63, 3.8) is 0 Å². The number of carbonyl (C=O) groups is 1. The number of hydrogen-bond acceptors (Lipinski definition) is 3. The van der Waals surface area contributed by atoms with Gasteiger partial charge in [-0.1, -0.05) is 81.4 Å². The Morgan fingerprint density at radius 2 is 1.50 bits per heavy atom. The summed E-state index contributed by atoms with van der Waals surface area (Å²) in [7, 11) is -2.59. The monoisotopic (exact) mass is 472 g/mol. The minimum atomic E-state index is -2.59. The van der Waals surface area contributed by atoms with E-state index in [0.29, 0.717) is 18.9 Å². The van der Waals surface area contributed by atoms with Crippen molar-refractivity contribution in [2.24, 2.45) is 5.41 Å². The molecule has 174 valence electrons. The van der Waals surface area contributed by atoms with Crippen LogP contribution in [-0.2, 0) is 14.0 Å². The molecule has 0 N–H and O–H groups in total. The molecule has 0 amide bonds. The van der Waals surface area contributed by atoms with Gasteiger partial charge in [0.25, 0.3) is 8.32 Å². The third-order valence-corrected chi connectivity index (χ3v) is 12.2. The van der Waals surface area contributed by atoms with Gasteiger partial charge in [0.2, 0.25) is 0 Å². The lowest BCUT2D eigenvalue weighted by Crippen LogP contribution is -2.68. The van der Waals surface area contributed by atoms with Crippen LogP contribution < -0.4 is 10.4 Å². The second-order valence-corrected chi connectivity index (χ2v) is 14.6. The maximum Gasteiger partial charge on any atom is 0.312 e. The van der Waals surface area contributed by atoms with Gasteiger partial charge < -0.3 is 9.16 Å². The molecule has 3 nitrogen and oxygen atoms in total. The normalized spacial score (nSPS) is 21.8. The summed E-state index contributed by atoms with van der Waals surface area (Å²) in [5.41, 5.74) is -0.469. The molecule has 2 aromatic rings. The minimum Gasteiger partial charge on any atom is -0.466 e. The molecule has 1 aliphatic carbocycles. The van der Waals surface area contributed by atoms with Crippen LogP contribution in [0.4, 0.5) is 0 Å². The third kappa shape index (κ3) is 4.98. The average molecular weight is 473 g/mol. The van der Waals surface area contributed by atoms with Crippen molar-refractivity contribution >= 4 is 36.3 Å². The predicted octanol–water partition coefficient (Wildman–Crippen LogP) is 5.68. The summed E-state index contributed by atoms with van der Waals surface area (Å²) in [5.74, 6) is 0.378. The maximum absolute atomic E-state index is 12.8. The lowest BCUT2D eigenvalue weighted by Gasteiger charge is -2.47. The Morgan fingerprint density at radius 1 is 1.00 bits per heavy atom.